The van der Waals surface area contributed by atoms with Gasteiger partial charge in [-0.2, -0.15) is 21.6 Å². The van der Waals surface area contributed by atoms with Gasteiger partial charge < -0.3 is 0 Å². The molecule has 8 heteroatoms. The Morgan fingerprint density at radius 3 is 1.69 bits per heavy atom. The van der Waals surface area contributed by atoms with Crippen molar-refractivity contribution in [3.8, 4) is 0 Å². The highest BCUT2D eigenvalue weighted by Crippen LogP contribution is 2.60. The Kier molecular flexibility index (Phi) is 6.17. The normalized spacial score (nSPS) is 17.7. The predicted octanol–water partition coefficient (Wildman–Crippen LogP) is 6.07. The Bertz CT molecular complexity index is 939. The molecule has 0 amide bonds. The van der Waals surface area contributed by atoms with Crippen LogP contribution in [0.5, 0.6) is 0 Å². The van der Waals surface area contributed by atoms with Crippen LogP contribution < -0.4 is 0 Å². The second-order valence-corrected chi connectivity index (χ2v) is 11.9. The molecule has 158 valence electrons. The molecule has 1 aliphatic rings. The molecule has 1 saturated heterocycles. The minimum absolute atomic E-state index is 0.295. The SMILES string of the molecule is Cc1ccc(C(=CS2(OS(=O)(=O)C(F)(F)F)CCCC2)c2ccc(C)cc2)cc1. The van der Waals surface area contributed by atoms with Crippen molar-refractivity contribution in [2.75, 3.05) is 11.5 Å². The van der Waals surface area contributed by atoms with E-state index in [1.165, 1.54) is 0 Å². The lowest BCUT2D eigenvalue weighted by Gasteiger charge is -2.32. The molecular weight excluding hydrogens is 421 g/mol. The molecule has 0 N–H and O–H groups in total. The Morgan fingerprint density at radius 1 is 0.897 bits per heavy atom. The maximum absolute atomic E-state index is 13.0. The van der Waals surface area contributed by atoms with Crippen molar-refractivity contribution in [2.45, 2.75) is 32.2 Å². The third-order valence-electron chi connectivity index (χ3n) is 4.80. The summed E-state index contributed by atoms with van der Waals surface area (Å²) in [4.78, 5) is 0. The number of aryl methyl sites for hydroxylation is 2. The van der Waals surface area contributed by atoms with Crippen molar-refractivity contribution in [3.63, 3.8) is 0 Å². The van der Waals surface area contributed by atoms with Crippen LogP contribution in [0.3, 0.4) is 0 Å². The molecule has 2 aromatic rings. The van der Waals surface area contributed by atoms with E-state index in [0.29, 0.717) is 29.9 Å². The van der Waals surface area contributed by atoms with E-state index in [9.17, 15) is 21.6 Å². The molecule has 3 nitrogen and oxygen atoms in total. The topological polar surface area (TPSA) is 43.4 Å². The van der Waals surface area contributed by atoms with Crippen LogP contribution in [0.2, 0.25) is 0 Å². The van der Waals surface area contributed by atoms with E-state index in [-0.39, 0.29) is 0 Å². The summed E-state index contributed by atoms with van der Waals surface area (Å²) in [5, 5.41) is 1.65. The summed E-state index contributed by atoms with van der Waals surface area (Å²) in [5.74, 6) is 0.590. The number of halogens is 3. The molecular formula is C21H23F3O3S2. The third kappa shape index (κ3) is 5.05. The minimum Gasteiger partial charge on any atom is -0.209 e. The summed E-state index contributed by atoms with van der Waals surface area (Å²) in [7, 11) is -8.26. The molecule has 1 aliphatic heterocycles. The maximum atomic E-state index is 13.0. The minimum atomic E-state index is -5.67. The quantitative estimate of drug-likeness (QED) is 0.526. The number of rotatable bonds is 5. The van der Waals surface area contributed by atoms with Crippen LogP contribution in [0.25, 0.3) is 5.57 Å². The van der Waals surface area contributed by atoms with Crippen LogP contribution in [0.1, 0.15) is 35.1 Å². The molecule has 0 spiro atoms. The molecule has 1 fully saturated rings. The zero-order valence-electron chi connectivity index (χ0n) is 16.2. The standard InChI is InChI=1S/C21H23F3O3S2/c1-16-5-9-18(10-6-16)20(19-11-7-17(2)8-12-19)15-28(13-3-4-14-28)27-29(25,26)21(22,23)24/h5-12,15H,3-4,13-14H2,1-2H3. The van der Waals surface area contributed by atoms with E-state index in [2.05, 4.69) is 0 Å². The van der Waals surface area contributed by atoms with Gasteiger partial charge in [-0.05, 0) is 48.8 Å². The first-order valence-corrected chi connectivity index (χ1v) is 12.5. The molecule has 0 radical (unpaired) electrons. The Morgan fingerprint density at radius 2 is 1.31 bits per heavy atom. The molecule has 29 heavy (non-hydrogen) atoms. The predicted molar refractivity (Wildman–Crippen MR) is 112 cm³/mol. The van der Waals surface area contributed by atoms with E-state index in [4.69, 9.17) is 3.63 Å². The van der Waals surface area contributed by atoms with Crippen LogP contribution >= 0.6 is 10.3 Å². The van der Waals surface area contributed by atoms with Crippen molar-refractivity contribution in [3.05, 3.63) is 76.2 Å². The van der Waals surface area contributed by atoms with Gasteiger partial charge in [0.15, 0.2) is 0 Å². The number of benzene rings is 2. The lowest BCUT2D eigenvalue weighted by Crippen LogP contribution is -2.27. The smallest absolute Gasteiger partial charge is 0.209 e. The van der Waals surface area contributed by atoms with Gasteiger partial charge in [-0.1, -0.05) is 70.0 Å². The van der Waals surface area contributed by atoms with Crippen molar-refractivity contribution < 1.29 is 25.2 Å². The summed E-state index contributed by atoms with van der Waals surface area (Å²) in [5.41, 5.74) is -1.01. The highest BCUT2D eigenvalue weighted by atomic mass is 32.3. The van der Waals surface area contributed by atoms with E-state index >= 15 is 0 Å². The second-order valence-electron chi connectivity index (χ2n) is 7.22. The summed E-state index contributed by atoms with van der Waals surface area (Å²) in [6.07, 6.45) is 1.27. The second kappa shape index (κ2) is 8.16. The monoisotopic (exact) mass is 444 g/mol. The van der Waals surface area contributed by atoms with Crippen LogP contribution in [0.15, 0.2) is 53.9 Å². The fourth-order valence-corrected chi connectivity index (χ4v) is 8.17. The highest BCUT2D eigenvalue weighted by Gasteiger charge is 2.51. The third-order valence-corrected chi connectivity index (χ3v) is 9.79. The fraction of sp³-hybridized carbons (Fsp3) is 0.333. The fourth-order valence-electron chi connectivity index (χ4n) is 3.20. The van der Waals surface area contributed by atoms with Gasteiger partial charge in [0, 0.05) is 11.5 Å². The first-order chi connectivity index (χ1) is 13.5. The Labute approximate surface area is 171 Å². The van der Waals surface area contributed by atoms with E-state index in [1.54, 1.807) is 5.41 Å². The zero-order chi connectivity index (χ0) is 21.3. The molecule has 3 rings (SSSR count). The molecule has 1 heterocycles. The van der Waals surface area contributed by atoms with E-state index < -0.39 is 25.9 Å². The van der Waals surface area contributed by atoms with Gasteiger partial charge >= 0.3 is 15.6 Å². The van der Waals surface area contributed by atoms with Crippen molar-refractivity contribution in [2.24, 2.45) is 0 Å². The number of hydrogen-bond acceptors (Lipinski definition) is 3. The molecule has 0 aliphatic carbocycles. The van der Waals surface area contributed by atoms with E-state index in [0.717, 1.165) is 22.3 Å². The molecule has 0 atom stereocenters. The zero-order valence-corrected chi connectivity index (χ0v) is 17.8. The number of hydrogen-bond donors (Lipinski definition) is 0. The van der Waals surface area contributed by atoms with Gasteiger partial charge in [-0.3, -0.25) is 0 Å². The summed E-state index contributed by atoms with van der Waals surface area (Å²) in [6, 6.07) is 15.2. The van der Waals surface area contributed by atoms with Crippen molar-refractivity contribution >= 4 is 26.0 Å². The Balaban J connectivity index is 2.13. The van der Waals surface area contributed by atoms with Crippen molar-refractivity contribution in [1.29, 1.82) is 0 Å². The summed E-state index contributed by atoms with van der Waals surface area (Å²) < 4.78 is 67.6. The lowest BCUT2D eigenvalue weighted by molar-refractivity contribution is -0.0495. The van der Waals surface area contributed by atoms with Crippen LogP contribution in [0, 0.1) is 13.8 Å². The van der Waals surface area contributed by atoms with Gasteiger partial charge in [0.25, 0.3) is 0 Å². The lowest BCUT2D eigenvalue weighted by atomic mass is 9.98. The van der Waals surface area contributed by atoms with Gasteiger partial charge in [-0.25, -0.2) is 3.63 Å². The largest absolute Gasteiger partial charge is 0.523 e. The first-order valence-electron chi connectivity index (χ1n) is 9.18. The van der Waals surface area contributed by atoms with Crippen LogP contribution in [-0.4, -0.2) is 25.4 Å². The average Bonchev–Trinajstić information content (AvgIpc) is 3.08. The van der Waals surface area contributed by atoms with Crippen LogP contribution in [-0.2, 0) is 13.7 Å². The molecule has 0 saturated carbocycles. The van der Waals surface area contributed by atoms with Gasteiger partial charge in [0.05, 0.1) is 0 Å². The Hall–Kier alpha value is -1.77. The molecule has 0 aromatic heterocycles. The van der Waals surface area contributed by atoms with Gasteiger partial charge in [0.2, 0.25) is 0 Å². The summed E-state index contributed by atoms with van der Waals surface area (Å²) in [6.45, 7) is 3.89. The first kappa shape index (κ1) is 21.9. The highest BCUT2D eigenvalue weighted by molar-refractivity contribution is 8.35. The molecule has 0 unspecified atom stereocenters. The molecule has 0 bridgehead atoms. The molecule has 2 aromatic carbocycles. The maximum Gasteiger partial charge on any atom is 0.523 e. The van der Waals surface area contributed by atoms with Gasteiger partial charge in [-0.15, -0.1) is 0 Å². The summed E-state index contributed by atoms with van der Waals surface area (Å²) >= 11 is 0. The average molecular weight is 445 g/mol. The van der Waals surface area contributed by atoms with E-state index in [1.807, 2.05) is 62.4 Å². The number of alkyl halides is 3. The van der Waals surface area contributed by atoms with Crippen molar-refractivity contribution in [1.82, 2.24) is 0 Å². The van der Waals surface area contributed by atoms with Gasteiger partial charge in [0.1, 0.15) is 0 Å². The van der Waals surface area contributed by atoms with Crippen LogP contribution in [0.4, 0.5) is 13.2 Å².